The SMILES string of the molecule is O=[N+]([O-])c1cc2c(cc1-c1ccc3c(c1)c1c(n3-c3ccccc3)CCC=C1)CCC=C2. The van der Waals surface area contributed by atoms with Crippen molar-refractivity contribution in [3.8, 4) is 16.8 Å². The fraction of sp³-hybridized carbons (Fsp3) is 0.143. The third-order valence-electron chi connectivity index (χ3n) is 6.60. The summed E-state index contributed by atoms with van der Waals surface area (Å²) in [6, 6.07) is 20.5. The Hall–Kier alpha value is -3.92. The van der Waals surface area contributed by atoms with E-state index in [1.165, 1.54) is 16.8 Å². The topological polar surface area (TPSA) is 48.1 Å². The first-order valence-corrected chi connectivity index (χ1v) is 11.1. The molecular weight excluding hydrogens is 396 g/mol. The third-order valence-corrected chi connectivity index (χ3v) is 6.60. The summed E-state index contributed by atoms with van der Waals surface area (Å²) in [5, 5.41) is 13.1. The van der Waals surface area contributed by atoms with Crippen LogP contribution in [0.25, 0.3) is 39.9 Å². The van der Waals surface area contributed by atoms with E-state index >= 15 is 0 Å². The summed E-state index contributed by atoms with van der Waals surface area (Å²) in [6.07, 6.45) is 12.4. The molecule has 4 aromatic rings. The van der Waals surface area contributed by atoms with E-state index in [4.69, 9.17) is 0 Å². The number of nitrogens with zero attached hydrogens (tertiary/aromatic N) is 2. The van der Waals surface area contributed by atoms with Crippen LogP contribution in [0, 0.1) is 10.1 Å². The Morgan fingerprint density at radius 2 is 1.69 bits per heavy atom. The van der Waals surface area contributed by atoms with E-state index in [-0.39, 0.29) is 10.6 Å². The van der Waals surface area contributed by atoms with Crippen molar-refractivity contribution in [3.63, 3.8) is 0 Å². The van der Waals surface area contributed by atoms with Crippen LogP contribution in [0.1, 0.15) is 35.2 Å². The molecule has 0 atom stereocenters. The second kappa shape index (κ2) is 7.34. The van der Waals surface area contributed by atoms with Gasteiger partial charge in [-0.25, -0.2) is 0 Å². The van der Waals surface area contributed by atoms with E-state index < -0.39 is 0 Å². The predicted molar refractivity (Wildman–Crippen MR) is 130 cm³/mol. The van der Waals surface area contributed by atoms with Crippen LogP contribution < -0.4 is 0 Å². The molecule has 2 aliphatic carbocycles. The minimum Gasteiger partial charge on any atom is -0.313 e. The van der Waals surface area contributed by atoms with Crippen LogP contribution in [0.2, 0.25) is 0 Å². The molecule has 0 saturated heterocycles. The zero-order chi connectivity index (χ0) is 21.7. The molecule has 0 fully saturated rings. The number of aromatic nitrogens is 1. The molecule has 0 radical (unpaired) electrons. The fourth-order valence-corrected chi connectivity index (χ4v) is 5.11. The van der Waals surface area contributed by atoms with Crippen LogP contribution in [0.5, 0.6) is 0 Å². The van der Waals surface area contributed by atoms with Gasteiger partial charge in [0.1, 0.15) is 0 Å². The van der Waals surface area contributed by atoms with Crippen LogP contribution in [0.4, 0.5) is 5.69 Å². The lowest BCUT2D eigenvalue weighted by atomic mass is 9.91. The van der Waals surface area contributed by atoms with Crippen LogP contribution >= 0.6 is 0 Å². The van der Waals surface area contributed by atoms with Crippen molar-refractivity contribution in [3.05, 3.63) is 105 Å². The highest BCUT2D eigenvalue weighted by Crippen LogP contribution is 2.40. The highest BCUT2D eigenvalue weighted by molar-refractivity contribution is 5.97. The Balaban J connectivity index is 1.60. The maximum absolute atomic E-state index is 11.9. The third kappa shape index (κ3) is 2.91. The first kappa shape index (κ1) is 18.8. The number of fused-ring (bicyclic) bond motifs is 4. The molecule has 0 N–H and O–H groups in total. The minimum atomic E-state index is -0.257. The molecule has 0 unspecified atom stereocenters. The monoisotopic (exact) mass is 418 g/mol. The Bertz CT molecular complexity index is 1440. The molecule has 0 spiro atoms. The largest absolute Gasteiger partial charge is 0.313 e. The summed E-state index contributed by atoms with van der Waals surface area (Å²) >= 11 is 0. The van der Waals surface area contributed by atoms with Gasteiger partial charge in [-0.2, -0.15) is 0 Å². The molecule has 0 bridgehead atoms. The van der Waals surface area contributed by atoms with Crippen molar-refractivity contribution in [1.29, 1.82) is 0 Å². The van der Waals surface area contributed by atoms with Crippen LogP contribution in [0.15, 0.2) is 72.8 Å². The van der Waals surface area contributed by atoms with E-state index in [1.807, 2.05) is 24.3 Å². The lowest BCUT2D eigenvalue weighted by Gasteiger charge is -2.14. The first-order valence-electron chi connectivity index (χ1n) is 11.1. The zero-order valence-corrected chi connectivity index (χ0v) is 17.6. The molecule has 0 saturated carbocycles. The Kier molecular flexibility index (Phi) is 4.32. The lowest BCUT2D eigenvalue weighted by Crippen LogP contribution is -2.02. The van der Waals surface area contributed by atoms with Gasteiger partial charge < -0.3 is 4.57 Å². The smallest absolute Gasteiger partial charge is 0.277 e. The van der Waals surface area contributed by atoms with E-state index in [9.17, 15) is 10.1 Å². The zero-order valence-electron chi connectivity index (χ0n) is 17.6. The number of para-hydroxylation sites is 1. The van der Waals surface area contributed by atoms with Crippen molar-refractivity contribution in [2.45, 2.75) is 25.7 Å². The van der Waals surface area contributed by atoms with Gasteiger partial charge in [-0.3, -0.25) is 10.1 Å². The molecule has 2 aliphatic rings. The summed E-state index contributed by atoms with van der Waals surface area (Å²) < 4.78 is 2.34. The average Bonchev–Trinajstić information content (AvgIpc) is 3.17. The second-order valence-electron chi connectivity index (χ2n) is 8.47. The van der Waals surface area contributed by atoms with Crippen LogP contribution in [-0.2, 0) is 12.8 Å². The number of rotatable bonds is 3. The van der Waals surface area contributed by atoms with Gasteiger partial charge in [0.2, 0.25) is 0 Å². The quantitative estimate of drug-likeness (QED) is 0.263. The van der Waals surface area contributed by atoms with Crippen molar-refractivity contribution in [2.24, 2.45) is 0 Å². The van der Waals surface area contributed by atoms with E-state index in [0.29, 0.717) is 5.56 Å². The lowest BCUT2D eigenvalue weighted by molar-refractivity contribution is -0.384. The molecule has 4 nitrogen and oxygen atoms in total. The Morgan fingerprint density at radius 3 is 2.53 bits per heavy atom. The van der Waals surface area contributed by atoms with Gasteiger partial charge in [0.05, 0.1) is 16.0 Å². The standard InChI is InChI=1S/C28H22N2O2/c31-30(32)28-18-20-9-5-4-8-19(20)16-24(28)21-14-15-27-25(17-21)23-12-6-7-13-26(23)29(27)22-10-2-1-3-11-22/h1-3,5-6,9-12,14-18H,4,7-8,13H2. The summed E-state index contributed by atoms with van der Waals surface area (Å²) in [5.41, 5.74) is 8.71. The van der Waals surface area contributed by atoms with Gasteiger partial charge in [0, 0.05) is 28.4 Å². The fourth-order valence-electron chi connectivity index (χ4n) is 5.11. The van der Waals surface area contributed by atoms with Gasteiger partial charge in [0.25, 0.3) is 5.69 Å². The van der Waals surface area contributed by atoms with Gasteiger partial charge in [-0.1, -0.05) is 48.6 Å². The maximum atomic E-state index is 11.9. The van der Waals surface area contributed by atoms with E-state index in [0.717, 1.165) is 53.4 Å². The molecular formula is C28H22N2O2. The van der Waals surface area contributed by atoms with Crippen molar-refractivity contribution in [1.82, 2.24) is 4.57 Å². The predicted octanol–water partition coefficient (Wildman–Crippen LogP) is 7.12. The minimum absolute atomic E-state index is 0.168. The maximum Gasteiger partial charge on any atom is 0.277 e. The molecule has 4 heteroatoms. The number of aryl methyl sites for hydroxylation is 1. The van der Waals surface area contributed by atoms with Gasteiger partial charge in [-0.05, 0) is 72.7 Å². The molecule has 3 aromatic carbocycles. The highest BCUT2D eigenvalue weighted by atomic mass is 16.6. The number of hydrogen-bond acceptors (Lipinski definition) is 2. The number of allylic oxidation sites excluding steroid dienone is 2. The van der Waals surface area contributed by atoms with Gasteiger partial charge in [0.15, 0.2) is 0 Å². The molecule has 0 amide bonds. The number of benzene rings is 3. The molecule has 1 heterocycles. The van der Waals surface area contributed by atoms with E-state index in [1.54, 1.807) is 6.07 Å². The summed E-state index contributed by atoms with van der Waals surface area (Å²) in [5.74, 6) is 0. The highest BCUT2D eigenvalue weighted by Gasteiger charge is 2.23. The molecule has 156 valence electrons. The average molecular weight is 418 g/mol. The number of nitro benzene ring substituents is 1. The molecule has 6 rings (SSSR count). The van der Waals surface area contributed by atoms with E-state index in [2.05, 4.69) is 59.2 Å². The Labute approximate surface area is 186 Å². The van der Waals surface area contributed by atoms with Crippen molar-refractivity contribution >= 4 is 28.7 Å². The summed E-state index contributed by atoms with van der Waals surface area (Å²) in [7, 11) is 0. The normalized spacial score (nSPS) is 14.4. The van der Waals surface area contributed by atoms with Crippen molar-refractivity contribution < 1.29 is 4.92 Å². The molecule has 1 aromatic heterocycles. The van der Waals surface area contributed by atoms with Gasteiger partial charge in [-0.15, -0.1) is 0 Å². The second-order valence-corrected chi connectivity index (χ2v) is 8.47. The summed E-state index contributed by atoms with van der Waals surface area (Å²) in [6.45, 7) is 0. The Morgan fingerprint density at radius 1 is 0.875 bits per heavy atom. The van der Waals surface area contributed by atoms with Crippen LogP contribution in [0.3, 0.4) is 0 Å². The number of nitro groups is 1. The van der Waals surface area contributed by atoms with Gasteiger partial charge >= 0.3 is 0 Å². The molecule has 32 heavy (non-hydrogen) atoms. The number of hydrogen-bond donors (Lipinski definition) is 0. The molecule has 0 aliphatic heterocycles. The van der Waals surface area contributed by atoms with Crippen molar-refractivity contribution in [2.75, 3.05) is 0 Å². The first-order chi connectivity index (χ1) is 15.7. The van der Waals surface area contributed by atoms with Crippen LogP contribution in [-0.4, -0.2) is 9.49 Å². The summed E-state index contributed by atoms with van der Waals surface area (Å²) in [4.78, 5) is 11.7.